The van der Waals surface area contributed by atoms with E-state index in [4.69, 9.17) is 4.74 Å². The number of piperazine rings is 1. The van der Waals surface area contributed by atoms with Gasteiger partial charge in [0.25, 0.3) is 0 Å². The van der Waals surface area contributed by atoms with Crippen molar-refractivity contribution in [2.75, 3.05) is 39.8 Å². The first kappa shape index (κ1) is 30.0. The van der Waals surface area contributed by atoms with Crippen LogP contribution in [-0.2, 0) is 30.5 Å². The van der Waals surface area contributed by atoms with Gasteiger partial charge >= 0.3 is 0 Å². The minimum Gasteiger partial charge on any atom is -0.374 e. The van der Waals surface area contributed by atoms with E-state index in [-0.39, 0.29) is 25.0 Å². The molecule has 0 bridgehead atoms. The monoisotopic (exact) mass is 515 g/mol. The standard InChI is InChI=1S/C27H41N5O5/c1-7-13-31-14-15-32(21(26(31)36)18-37-17-20-11-9-8-10-12-20)22(33)16-29-25(35)23(27(3,4)5)30-24(34)19(2)28-6/h7-12,19,21,23,28H,1,13-18H2,2-6H3,(H,29,35)(H,30,34)/t19-,21-,23+/m0/s1. The molecule has 0 aromatic heterocycles. The lowest BCUT2D eigenvalue weighted by atomic mass is 9.86. The fourth-order valence-electron chi connectivity index (χ4n) is 3.94. The third kappa shape index (κ3) is 8.68. The van der Waals surface area contributed by atoms with E-state index in [1.807, 2.05) is 51.1 Å². The highest BCUT2D eigenvalue weighted by atomic mass is 16.5. The van der Waals surface area contributed by atoms with E-state index in [0.717, 1.165) is 5.56 Å². The molecule has 10 nitrogen and oxygen atoms in total. The number of carbonyl (C=O) groups excluding carboxylic acids is 4. The zero-order chi connectivity index (χ0) is 27.6. The Hall–Kier alpha value is -3.24. The van der Waals surface area contributed by atoms with Crippen molar-refractivity contribution in [2.45, 2.75) is 52.4 Å². The molecule has 3 atom stereocenters. The van der Waals surface area contributed by atoms with Crippen LogP contribution in [0.1, 0.15) is 33.3 Å². The van der Waals surface area contributed by atoms with Crippen LogP contribution in [0.4, 0.5) is 0 Å². The highest BCUT2D eigenvalue weighted by Gasteiger charge is 2.38. The first-order valence-corrected chi connectivity index (χ1v) is 12.6. The van der Waals surface area contributed by atoms with Crippen LogP contribution >= 0.6 is 0 Å². The molecule has 0 unspecified atom stereocenters. The second-order valence-electron chi connectivity index (χ2n) is 10.2. The second kappa shape index (κ2) is 13.9. The van der Waals surface area contributed by atoms with Crippen LogP contribution in [0.3, 0.4) is 0 Å². The van der Waals surface area contributed by atoms with E-state index in [9.17, 15) is 19.2 Å². The normalized spacial score (nSPS) is 17.6. The largest absolute Gasteiger partial charge is 0.374 e. The summed E-state index contributed by atoms with van der Waals surface area (Å²) >= 11 is 0. The molecule has 1 heterocycles. The fraction of sp³-hybridized carbons (Fsp3) is 0.556. The smallest absolute Gasteiger partial charge is 0.248 e. The maximum Gasteiger partial charge on any atom is 0.248 e. The molecule has 1 aromatic carbocycles. The Morgan fingerprint density at radius 3 is 2.43 bits per heavy atom. The van der Waals surface area contributed by atoms with Crippen molar-refractivity contribution in [3.63, 3.8) is 0 Å². The van der Waals surface area contributed by atoms with E-state index in [2.05, 4.69) is 22.5 Å². The maximum absolute atomic E-state index is 13.2. The van der Waals surface area contributed by atoms with Gasteiger partial charge in [-0.2, -0.15) is 0 Å². The number of ether oxygens (including phenoxy) is 1. The van der Waals surface area contributed by atoms with Crippen LogP contribution in [0.25, 0.3) is 0 Å². The summed E-state index contributed by atoms with van der Waals surface area (Å²) in [4.78, 5) is 54.8. The van der Waals surface area contributed by atoms with Gasteiger partial charge in [-0.15, -0.1) is 6.58 Å². The van der Waals surface area contributed by atoms with Gasteiger partial charge in [0.05, 0.1) is 25.8 Å². The number of amides is 4. The van der Waals surface area contributed by atoms with Crippen LogP contribution in [-0.4, -0.2) is 91.4 Å². The van der Waals surface area contributed by atoms with Gasteiger partial charge in [0.15, 0.2) is 0 Å². The van der Waals surface area contributed by atoms with Gasteiger partial charge in [0.1, 0.15) is 12.1 Å². The Morgan fingerprint density at radius 1 is 1.16 bits per heavy atom. The Morgan fingerprint density at radius 2 is 1.84 bits per heavy atom. The van der Waals surface area contributed by atoms with E-state index in [1.165, 1.54) is 4.90 Å². The Balaban J connectivity index is 2.06. The van der Waals surface area contributed by atoms with Gasteiger partial charge in [-0.05, 0) is 24.9 Å². The van der Waals surface area contributed by atoms with Crippen molar-refractivity contribution in [1.29, 1.82) is 0 Å². The summed E-state index contributed by atoms with van der Waals surface area (Å²) in [6.45, 7) is 12.0. The minimum atomic E-state index is -0.848. The van der Waals surface area contributed by atoms with E-state index in [0.29, 0.717) is 26.2 Å². The lowest BCUT2D eigenvalue weighted by Gasteiger charge is -2.40. The maximum atomic E-state index is 13.2. The third-order valence-corrected chi connectivity index (χ3v) is 6.30. The number of nitrogens with one attached hydrogen (secondary N) is 3. The first-order chi connectivity index (χ1) is 17.5. The first-order valence-electron chi connectivity index (χ1n) is 12.6. The zero-order valence-electron chi connectivity index (χ0n) is 22.6. The Kier molecular flexibility index (Phi) is 11.3. The fourth-order valence-corrected chi connectivity index (χ4v) is 3.94. The molecule has 204 valence electrons. The quantitative estimate of drug-likeness (QED) is 0.352. The van der Waals surface area contributed by atoms with Crippen LogP contribution < -0.4 is 16.0 Å². The molecule has 1 saturated heterocycles. The molecule has 10 heteroatoms. The number of benzene rings is 1. The van der Waals surface area contributed by atoms with Gasteiger partial charge in [-0.1, -0.05) is 57.2 Å². The molecule has 0 spiro atoms. The summed E-state index contributed by atoms with van der Waals surface area (Å²) in [6, 6.07) is 7.43. The number of hydrogen-bond acceptors (Lipinski definition) is 6. The lowest BCUT2D eigenvalue weighted by molar-refractivity contribution is -0.154. The predicted molar refractivity (Wildman–Crippen MR) is 141 cm³/mol. The van der Waals surface area contributed by atoms with Crippen molar-refractivity contribution >= 4 is 23.6 Å². The number of rotatable bonds is 12. The molecule has 0 saturated carbocycles. The number of nitrogens with zero attached hydrogens (tertiary/aromatic N) is 2. The van der Waals surface area contributed by atoms with Crippen molar-refractivity contribution in [1.82, 2.24) is 25.8 Å². The van der Waals surface area contributed by atoms with Gasteiger partial charge in [-0.3, -0.25) is 19.2 Å². The Bertz CT molecular complexity index is 946. The van der Waals surface area contributed by atoms with Gasteiger partial charge in [0, 0.05) is 19.6 Å². The summed E-state index contributed by atoms with van der Waals surface area (Å²) in [5, 5.41) is 8.26. The molecule has 1 aromatic rings. The molecule has 1 aliphatic heterocycles. The van der Waals surface area contributed by atoms with Crippen LogP contribution in [0, 0.1) is 5.41 Å². The average molecular weight is 516 g/mol. The molecular weight excluding hydrogens is 474 g/mol. The number of likely N-dealkylation sites (N-methyl/N-ethyl adjacent to an activating group) is 1. The van der Waals surface area contributed by atoms with E-state index < -0.39 is 35.4 Å². The minimum absolute atomic E-state index is 0.0314. The van der Waals surface area contributed by atoms with E-state index >= 15 is 0 Å². The highest BCUT2D eigenvalue weighted by molar-refractivity contribution is 5.94. The molecule has 1 aliphatic rings. The molecule has 2 rings (SSSR count). The molecule has 4 amide bonds. The summed E-state index contributed by atoms with van der Waals surface area (Å²) in [5.74, 6) is -1.40. The van der Waals surface area contributed by atoms with Gasteiger partial charge < -0.3 is 30.5 Å². The SMILES string of the molecule is C=CCN1CCN(C(=O)CNC(=O)[C@@H](NC(=O)[C@H](C)NC)C(C)(C)C)[C@@H](COCc2ccccc2)C1=O. The summed E-state index contributed by atoms with van der Waals surface area (Å²) in [5.41, 5.74) is 0.373. The van der Waals surface area contributed by atoms with Gasteiger partial charge in [-0.25, -0.2) is 0 Å². The molecular formula is C27H41N5O5. The van der Waals surface area contributed by atoms with Gasteiger partial charge in [0.2, 0.25) is 23.6 Å². The molecule has 1 fully saturated rings. The third-order valence-electron chi connectivity index (χ3n) is 6.30. The molecule has 37 heavy (non-hydrogen) atoms. The number of hydrogen-bond donors (Lipinski definition) is 3. The number of carbonyl (C=O) groups is 4. The Labute approximate surface area is 219 Å². The second-order valence-corrected chi connectivity index (χ2v) is 10.2. The van der Waals surface area contributed by atoms with Crippen molar-refractivity contribution in [3.8, 4) is 0 Å². The van der Waals surface area contributed by atoms with Crippen molar-refractivity contribution in [2.24, 2.45) is 5.41 Å². The van der Waals surface area contributed by atoms with Crippen molar-refractivity contribution in [3.05, 3.63) is 48.6 Å². The zero-order valence-corrected chi connectivity index (χ0v) is 22.6. The van der Waals surface area contributed by atoms with Crippen LogP contribution in [0.5, 0.6) is 0 Å². The lowest BCUT2D eigenvalue weighted by Crippen LogP contribution is -2.62. The molecule has 3 N–H and O–H groups in total. The highest BCUT2D eigenvalue weighted by Crippen LogP contribution is 2.20. The molecule has 0 radical (unpaired) electrons. The topological polar surface area (TPSA) is 120 Å². The predicted octanol–water partition coefficient (Wildman–Crippen LogP) is 0.684. The summed E-state index contributed by atoms with van der Waals surface area (Å²) in [7, 11) is 1.66. The molecule has 0 aliphatic carbocycles. The summed E-state index contributed by atoms with van der Waals surface area (Å²) in [6.07, 6.45) is 1.65. The average Bonchev–Trinajstić information content (AvgIpc) is 2.87. The van der Waals surface area contributed by atoms with Crippen molar-refractivity contribution < 1.29 is 23.9 Å². The van der Waals surface area contributed by atoms with Crippen LogP contribution in [0.15, 0.2) is 43.0 Å². The van der Waals surface area contributed by atoms with Crippen LogP contribution in [0.2, 0.25) is 0 Å². The van der Waals surface area contributed by atoms with E-state index in [1.54, 1.807) is 24.9 Å². The summed E-state index contributed by atoms with van der Waals surface area (Å²) < 4.78 is 5.81.